The second kappa shape index (κ2) is 31.8. The Morgan fingerprint density at radius 3 is 0.951 bits per heavy atom. The molecule has 0 aliphatic carbocycles. The van der Waals surface area contributed by atoms with Gasteiger partial charge in [0.1, 0.15) is 0 Å². The summed E-state index contributed by atoms with van der Waals surface area (Å²) in [5, 5.41) is 20.3. The Morgan fingerprint density at radius 1 is 0.439 bits per heavy atom. The third-order valence-electron chi connectivity index (χ3n) is 8.60. The molecular weight excluding hydrogens is 504 g/mol. The molecule has 0 aromatic rings. The van der Waals surface area contributed by atoms with Crippen molar-refractivity contribution in [1.82, 2.24) is 0 Å². The molecule has 41 heavy (non-hydrogen) atoms. The van der Waals surface area contributed by atoms with Crippen LogP contribution in [-0.2, 0) is 4.79 Å². The van der Waals surface area contributed by atoms with Gasteiger partial charge in [0, 0.05) is 0 Å². The zero-order valence-electron chi connectivity index (χ0n) is 27.8. The molecule has 0 aromatic heterocycles. The second-order valence-corrected chi connectivity index (χ2v) is 12.7. The lowest BCUT2D eigenvalue weighted by Gasteiger charge is -2.23. The summed E-state index contributed by atoms with van der Waals surface area (Å²) in [6, 6.07) is 0. The van der Waals surface area contributed by atoms with Gasteiger partial charge in [-0.1, -0.05) is 154 Å². The lowest BCUT2D eigenvalue weighted by Crippen LogP contribution is -2.38. The fourth-order valence-corrected chi connectivity index (χ4v) is 5.67. The van der Waals surface area contributed by atoms with Crippen molar-refractivity contribution in [2.45, 2.75) is 212 Å². The third-order valence-corrected chi connectivity index (χ3v) is 8.60. The monoisotopic (exact) mass is 577 g/mol. The number of aliphatic hydroxyl groups is 1. The van der Waals surface area contributed by atoms with Crippen molar-refractivity contribution in [2.24, 2.45) is 0 Å². The van der Waals surface area contributed by atoms with Crippen LogP contribution in [0.25, 0.3) is 0 Å². The fourth-order valence-electron chi connectivity index (χ4n) is 5.67. The number of rotatable bonds is 33. The van der Waals surface area contributed by atoms with Crippen LogP contribution in [0.5, 0.6) is 0 Å². The van der Waals surface area contributed by atoms with E-state index in [0.717, 1.165) is 38.5 Å². The maximum absolute atomic E-state index is 11.7. The first-order valence-electron chi connectivity index (χ1n) is 18.3. The molecule has 2 N–H and O–H groups in total. The van der Waals surface area contributed by atoms with E-state index in [0.29, 0.717) is 12.8 Å². The molecule has 0 spiro atoms. The van der Waals surface area contributed by atoms with E-state index in [1.54, 1.807) is 0 Å². The first-order chi connectivity index (χ1) is 20.1. The number of unbranched alkanes of at least 4 members (excludes halogenated alkanes) is 24. The molecule has 0 saturated carbocycles. The zero-order valence-corrected chi connectivity index (χ0v) is 27.8. The fraction of sp³-hybridized carbons (Fsp3) is 0.868. The van der Waals surface area contributed by atoms with Crippen LogP contribution in [0, 0.1) is 0 Å². The van der Waals surface area contributed by atoms with Crippen LogP contribution >= 0.6 is 0 Å². The van der Waals surface area contributed by atoms with Crippen LogP contribution in [0.1, 0.15) is 206 Å². The molecule has 3 heteroatoms. The van der Waals surface area contributed by atoms with E-state index in [9.17, 15) is 15.0 Å². The lowest BCUT2D eigenvalue weighted by molar-refractivity contribution is -0.160. The Kier molecular flexibility index (Phi) is 31.0. The Balaban J connectivity index is 3.61. The maximum atomic E-state index is 11.7. The molecular formula is C38H72O3. The second-order valence-electron chi connectivity index (χ2n) is 12.7. The molecule has 242 valence electrons. The molecule has 0 heterocycles. The van der Waals surface area contributed by atoms with E-state index in [-0.39, 0.29) is 0 Å². The number of carbonyl (C=O) groups is 1. The maximum Gasteiger partial charge on any atom is 0.335 e. The topological polar surface area (TPSA) is 57.5 Å². The Morgan fingerprint density at radius 2 is 0.683 bits per heavy atom. The van der Waals surface area contributed by atoms with Gasteiger partial charge in [0.15, 0.2) is 5.60 Å². The van der Waals surface area contributed by atoms with Gasteiger partial charge in [-0.25, -0.2) is 4.79 Å². The molecule has 0 saturated heterocycles. The third kappa shape index (κ3) is 28.8. The van der Waals surface area contributed by atoms with Crippen molar-refractivity contribution in [3.05, 3.63) is 24.3 Å². The van der Waals surface area contributed by atoms with Gasteiger partial charge < -0.3 is 10.2 Å². The number of carboxylic acid groups (broad SMARTS) is 1. The summed E-state index contributed by atoms with van der Waals surface area (Å²) in [6.07, 6.45) is 44.9. The highest BCUT2D eigenvalue weighted by atomic mass is 16.4. The molecule has 0 atom stereocenters. The average molecular weight is 577 g/mol. The molecule has 0 amide bonds. The molecule has 0 rings (SSSR count). The molecule has 0 radical (unpaired) electrons. The number of hydrogen-bond acceptors (Lipinski definition) is 2. The van der Waals surface area contributed by atoms with Crippen LogP contribution in [0.3, 0.4) is 0 Å². The van der Waals surface area contributed by atoms with Crippen LogP contribution < -0.4 is 0 Å². The van der Waals surface area contributed by atoms with Crippen molar-refractivity contribution in [3.8, 4) is 0 Å². The summed E-state index contributed by atoms with van der Waals surface area (Å²) in [5.41, 5.74) is -1.53. The average Bonchev–Trinajstić information content (AvgIpc) is 2.96. The predicted octanol–water partition coefficient (Wildman–Crippen LogP) is 12.7. The van der Waals surface area contributed by atoms with Gasteiger partial charge >= 0.3 is 5.97 Å². The quantitative estimate of drug-likeness (QED) is 0.0603. The van der Waals surface area contributed by atoms with E-state index < -0.39 is 11.6 Å². The van der Waals surface area contributed by atoms with E-state index in [4.69, 9.17) is 0 Å². The van der Waals surface area contributed by atoms with Crippen molar-refractivity contribution < 1.29 is 15.0 Å². The normalized spacial score (nSPS) is 12.3. The van der Waals surface area contributed by atoms with E-state index in [1.165, 1.54) is 141 Å². The van der Waals surface area contributed by atoms with Gasteiger partial charge in [0.2, 0.25) is 0 Å². The van der Waals surface area contributed by atoms with Crippen molar-refractivity contribution >= 4 is 5.97 Å². The Hall–Kier alpha value is -1.09. The molecule has 0 unspecified atom stereocenters. The molecule has 0 aromatic carbocycles. The minimum atomic E-state index is -1.53. The highest BCUT2D eigenvalue weighted by molar-refractivity contribution is 5.76. The van der Waals surface area contributed by atoms with Crippen LogP contribution in [0.15, 0.2) is 24.3 Å². The van der Waals surface area contributed by atoms with Crippen molar-refractivity contribution in [3.63, 3.8) is 0 Å². The van der Waals surface area contributed by atoms with Gasteiger partial charge in [-0.3, -0.25) is 0 Å². The summed E-state index contributed by atoms with van der Waals surface area (Å²) in [5.74, 6) is -1.03. The van der Waals surface area contributed by atoms with E-state index in [1.807, 2.05) is 0 Å². The summed E-state index contributed by atoms with van der Waals surface area (Å²) in [4.78, 5) is 11.7. The first kappa shape index (κ1) is 39.9. The number of aliphatic carboxylic acids is 1. The van der Waals surface area contributed by atoms with E-state index >= 15 is 0 Å². The zero-order chi connectivity index (χ0) is 30.1. The minimum absolute atomic E-state index is 0.397. The summed E-state index contributed by atoms with van der Waals surface area (Å²) in [7, 11) is 0. The highest BCUT2D eigenvalue weighted by Gasteiger charge is 2.34. The van der Waals surface area contributed by atoms with Gasteiger partial charge in [-0.2, -0.15) is 0 Å². The number of hydrogen-bond donors (Lipinski definition) is 2. The summed E-state index contributed by atoms with van der Waals surface area (Å²) in [6.45, 7) is 4.53. The van der Waals surface area contributed by atoms with Gasteiger partial charge in [0.25, 0.3) is 0 Å². The number of carboxylic acids is 1. The van der Waals surface area contributed by atoms with Crippen LogP contribution in [-0.4, -0.2) is 21.8 Å². The van der Waals surface area contributed by atoms with Crippen LogP contribution in [0.2, 0.25) is 0 Å². The van der Waals surface area contributed by atoms with Crippen LogP contribution in [0.4, 0.5) is 0 Å². The van der Waals surface area contributed by atoms with Crippen molar-refractivity contribution in [1.29, 1.82) is 0 Å². The molecule has 0 fully saturated rings. The first-order valence-corrected chi connectivity index (χ1v) is 18.3. The Bertz CT molecular complexity index is 552. The largest absolute Gasteiger partial charge is 0.479 e. The predicted molar refractivity (Wildman–Crippen MR) is 181 cm³/mol. The highest BCUT2D eigenvalue weighted by Crippen LogP contribution is 2.24. The van der Waals surface area contributed by atoms with Gasteiger partial charge in [-0.05, 0) is 77.0 Å². The summed E-state index contributed by atoms with van der Waals surface area (Å²) < 4.78 is 0. The minimum Gasteiger partial charge on any atom is -0.479 e. The molecule has 3 nitrogen and oxygen atoms in total. The standard InChI is InChI=1S/C38H72O3/c1-3-5-7-9-11-13-15-17-19-21-23-25-27-29-31-33-35-38(41,37(39)40)36-34-32-30-28-26-24-22-20-18-16-14-12-10-8-6-4-2/h17-20,41H,3-16,21-36H2,1-2H3,(H,39,40)/b19-17-,20-18-. The smallest absolute Gasteiger partial charge is 0.335 e. The molecule has 0 bridgehead atoms. The van der Waals surface area contributed by atoms with Gasteiger partial charge in [0.05, 0.1) is 0 Å². The number of allylic oxidation sites excluding steroid dienone is 4. The molecule has 0 aliphatic rings. The lowest BCUT2D eigenvalue weighted by atomic mass is 9.89. The van der Waals surface area contributed by atoms with E-state index in [2.05, 4.69) is 38.2 Å². The van der Waals surface area contributed by atoms with Gasteiger partial charge in [-0.15, -0.1) is 0 Å². The summed E-state index contributed by atoms with van der Waals surface area (Å²) >= 11 is 0. The SMILES string of the molecule is CCCCCCCC/C=C\CCCCCCCCC(O)(CCCCCCCC/C=C\CCCCCCCC)C(=O)O. The molecule has 0 aliphatic heterocycles. The Labute approximate surface area is 257 Å². The van der Waals surface area contributed by atoms with Crippen molar-refractivity contribution in [2.75, 3.05) is 0 Å².